The van der Waals surface area contributed by atoms with Crippen molar-refractivity contribution in [3.8, 4) is 22.3 Å². The highest BCUT2D eigenvalue weighted by atomic mass is 32.2. The maximum atomic E-state index is 12.0. The zero-order chi connectivity index (χ0) is 19.8. The predicted octanol–water partition coefficient (Wildman–Crippen LogP) is 4.01. The summed E-state index contributed by atoms with van der Waals surface area (Å²) in [6.07, 6.45) is 2.64. The molecule has 1 N–H and O–H groups in total. The largest absolute Gasteiger partial charge is 0.477 e. The summed E-state index contributed by atoms with van der Waals surface area (Å²) in [5.74, 6) is -1.12. The normalized spacial score (nSPS) is 11.1. The number of sulfone groups is 1. The maximum absolute atomic E-state index is 12.0. The van der Waals surface area contributed by atoms with Crippen LogP contribution in [0, 0.1) is 6.57 Å². The number of hydrogen-bond acceptors (Lipinski definition) is 3. The molecule has 0 aliphatic heterocycles. The number of benzene rings is 2. The van der Waals surface area contributed by atoms with Crippen molar-refractivity contribution < 1.29 is 18.3 Å². The van der Waals surface area contributed by atoms with Crippen molar-refractivity contribution in [2.24, 2.45) is 7.05 Å². The van der Waals surface area contributed by atoms with E-state index in [2.05, 4.69) is 4.85 Å². The summed E-state index contributed by atoms with van der Waals surface area (Å²) in [6.45, 7) is 7.31. The van der Waals surface area contributed by atoms with Crippen molar-refractivity contribution in [1.29, 1.82) is 0 Å². The van der Waals surface area contributed by atoms with Crippen molar-refractivity contribution in [3.05, 3.63) is 71.8 Å². The lowest BCUT2D eigenvalue weighted by Gasteiger charge is -2.10. The Morgan fingerprint density at radius 3 is 2.22 bits per heavy atom. The first-order chi connectivity index (χ1) is 12.7. The molecule has 3 aromatic rings. The summed E-state index contributed by atoms with van der Waals surface area (Å²) in [7, 11) is -1.81. The first kappa shape index (κ1) is 18.4. The Morgan fingerprint density at radius 2 is 1.67 bits per heavy atom. The number of aromatic carboxylic acids is 1. The standard InChI is InChI=1S/C20H16N2O4S/c1-21-16-12-22(2)19(20(23)24)18(16)14-10-8-13(9-11-14)15-6-4-5-7-17(15)27(3,25)26/h4-12H,2-3H3,(H,23,24). The summed E-state index contributed by atoms with van der Waals surface area (Å²) in [5.41, 5.74) is 2.48. The molecule has 1 heterocycles. The smallest absolute Gasteiger partial charge is 0.351 e. The average molecular weight is 380 g/mol. The van der Waals surface area contributed by atoms with Gasteiger partial charge in [-0.3, -0.25) is 0 Å². The third-order valence-electron chi connectivity index (χ3n) is 4.26. The molecule has 136 valence electrons. The van der Waals surface area contributed by atoms with E-state index in [0.29, 0.717) is 22.3 Å². The van der Waals surface area contributed by atoms with E-state index in [9.17, 15) is 18.3 Å². The summed E-state index contributed by atoms with van der Waals surface area (Å²) < 4.78 is 25.5. The second kappa shape index (κ2) is 6.74. The van der Waals surface area contributed by atoms with E-state index in [1.54, 1.807) is 55.6 Å². The van der Waals surface area contributed by atoms with Gasteiger partial charge < -0.3 is 9.67 Å². The Balaban J connectivity index is 2.15. The Labute approximate surface area is 157 Å². The fraction of sp³-hybridized carbons (Fsp3) is 0.100. The lowest BCUT2D eigenvalue weighted by atomic mass is 9.99. The minimum atomic E-state index is -3.39. The van der Waals surface area contributed by atoms with E-state index < -0.39 is 15.8 Å². The van der Waals surface area contributed by atoms with Crippen LogP contribution >= 0.6 is 0 Å². The van der Waals surface area contributed by atoms with Crippen LogP contribution in [0.1, 0.15) is 10.5 Å². The van der Waals surface area contributed by atoms with Crippen LogP contribution in [0.5, 0.6) is 0 Å². The molecule has 0 unspecified atom stereocenters. The zero-order valence-electron chi connectivity index (χ0n) is 14.7. The monoisotopic (exact) mass is 380 g/mol. The summed E-state index contributed by atoms with van der Waals surface area (Å²) in [6, 6.07) is 13.6. The van der Waals surface area contributed by atoms with Crippen LogP contribution in [0.4, 0.5) is 5.69 Å². The molecule has 0 radical (unpaired) electrons. The van der Waals surface area contributed by atoms with E-state index in [1.165, 1.54) is 10.8 Å². The topological polar surface area (TPSA) is 80.7 Å². The summed E-state index contributed by atoms with van der Waals surface area (Å²) in [4.78, 5) is 15.2. The highest BCUT2D eigenvalue weighted by molar-refractivity contribution is 7.90. The number of carbonyl (C=O) groups is 1. The number of carboxylic acids is 1. The number of nitrogens with zero attached hydrogens (tertiary/aromatic N) is 2. The molecule has 0 fully saturated rings. The highest BCUT2D eigenvalue weighted by Gasteiger charge is 2.21. The van der Waals surface area contributed by atoms with Crippen LogP contribution in [0.15, 0.2) is 59.6 Å². The molecule has 0 saturated carbocycles. The molecule has 0 aliphatic rings. The van der Waals surface area contributed by atoms with Gasteiger partial charge in [-0.05, 0) is 17.2 Å². The predicted molar refractivity (Wildman–Crippen MR) is 103 cm³/mol. The number of carboxylic acid groups (broad SMARTS) is 1. The minimum Gasteiger partial charge on any atom is -0.477 e. The Morgan fingerprint density at radius 1 is 1.07 bits per heavy atom. The third-order valence-corrected chi connectivity index (χ3v) is 5.41. The van der Waals surface area contributed by atoms with E-state index in [4.69, 9.17) is 6.57 Å². The fourth-order valence-corrected chi connectivity index (χ4v) is 3.99. The zero-order valence-corrected chi connectivity index (χ0v) is 15.5. The van der Waals surface area contributed by atoms with Gasteiger partial charge in [0, 0.05) is 30.6 Å². The van der Waals surface area contributed by atoms with Gasteiger partial charge in [-0.25, -0.2) is 18.1 Å². The molecule has 27 heavy (non-hydrogen) atoms. The van der Waals surface area contributed by atoms with Gasteiger partial charge in [0.2, 0.25) is 5.69 Å². The van der Waals surface area contributed by atoms with Crippen LogP contribution in [0.2, 0.25) is 0 Å². The van der Waals surface area contributed by atoms with Crippen LogP contribution in [-0.4, -0.2) is 30.3 Å². The van der Waals surface area contributed by atoms with Gasteiger partial charge in [0.1, 0.15) is 5.69 Å². The number of rotatable bonds is 4. The molecule has 7 heteroatoms. The van der Waals surface area contributed by atoms with Crippen LogP contribution < -0.4 is 0 Å². The molecule has 1 aromatic heterocycles. The first-order valence-electron chi connectivity index (χ1n) is 7.94. The molecule has 0 atom stereocenters. The SMILES string of the molecule is [C-]#[N+]c1cn(C)c(C(=O)O)c1-c1ccc(-c2ccccc2S(C)(=O)=O)cc1. The Bertz CT molecular complexity index is 1180. The van der Waals surface area contributed by atoms with Crippen molar-refractivity contribution in [2.75, 3.05) is 6.26 Å². The quantitative estimate of drug-likeness (QED) is 0.694. The van der Waals surface area contributed by atoms with Gasteiger partial charge >= 0.3 is 5.97 Å². The van der Waals surface area contributed by atoms with Gasteiger partial charge in [-0.15, -0.1) is 0 Å². The van der Waals surface area contributed by atoms with E-state index in [1.807, 2.05) is 0 Å². The molecule has 0 amide bonds. The summed E-state index contributed by atoms with van der Waals surface area (Å²) >= 11 is 0. The molecule has 6 nitrogen and oxygen atoms in total. The Hall–Kier alpha value is -3.37. The van der Waals surface area contributed by atoms with Crippen LogP contribution in [-0.2, 0) is 16.9 Å². The van der Waals surface area contributed by atoms with Gasteiger partial charge in [0.25, 0.3) is 0 Å². The molecule has 0 saturated heterocycles. The van der Waals surface area contributed by atoms with Crippen molar-refractivity contribution in [2.45, 2.75) is 4.90 Å². The third kappa shape index (κ3) is 3.35. The molecule has 3 rings (SSSR count). The van der Waals surface area contributed by atoms with Crippen molar-refractivity contribution >= 4 is 21.5 Å². The van der Waals surface area contributed by atoms with Gasteiger partial charge in [0.15, 0.2) is 9.84 Å². The second-order valence-corrected chi connectivity index (χ2v) is 8.10. The lowest BCUT2D eigenvalue weighted by molar-refractivity contribution is 0.0687. The van der Waals surface area contributed by atoms with Gasteiger partial charge in [-0.2, -0.15) is 0 Å². The van der Waals surface area contributed by atoms with Gasteiger partial charge in [0.05, 0.1) is 11.5 Å². The molecule has 0 spiro atoms. The molecular weight excluding hydrogens is 364 g/mol. The second-order valence-electron chi connectivity index (χ2n) is 6.11. The molecular formula is C20H16N2O4S. The maximum Gasteiger partial charge on any atom is 0.351 e. The highest BCUT2D eigenvalue weighted by Crippen LogP contribution is 2.37. The number of aryl methyl sites for hydroxylation is 1. The average Bonchev–Trinajstić information content (AvgIpc) is 2.98. The van der Waals surface area contributed by atoms with E-state index in [-0.39, 0.29) is 16.3 Å². The minimum absolute atomic E-state index is 0.0327. The van der Waals surface area contributed by atoms with E-state index >= 15 is 0 Å². The van der Waals surface area contributed by atoms with Crippen molar-refractivity contribution in [3.63, 3.8) is 0 Å². The molecule has 2 aromatic carbocycles. The summed E-state index contributed by atoms with van der Waals surface area (Å²) in [5, 5.41) is 9.48. The van der Waals surface area contributed by atoms with Crippen LogP contribution in [0.3, 0.4) is 0 Å². The van der Waals surface area contributed by atoms with Crippen LogP contribution in [0.25, 0.3) is 27.1 Å². The Kier molecular flexibility index (Phi) is 4.60. The first-order valence-corrected chi connectivity index (χ1v) is 9.83. The fourth-order valence-electron chi connectivity index (χ4n) is 3.08. The lowest BCUT2D eigenvalue weighted by Crippen LogP contribution is -2.05. The number of aromatic nitrogens is 1. The van der Waals surface area contributed by atoms with Crippen molar-refractivity contribution in [1.82, 2.24) is 4.57 Å². The van der Waals surface area contributed by atoms with Gasteiger partial charge in [-0.1, -0.05) is 42.5 Å². The van der Waals surface area contributed by atoms with E-state index in [0.717, 1.165) is 6.26 Å². The molecule has 0 bridgehead atoms. The number of hydrogen-bond donors (Lipinski definition) is 1. The molecule has 0 aliphatic carbocycles.